The fourth-order valence-electron chi connectivity index (χ4n) is 2.79. The van der Waals surface area contributed by atoms with Crippen LogP contribution in [0.3, 0.4) is 0 Å². The molecule has 0 heterocycles. The Kier molecular flexibility index (Phi) is 7.38. The summed E-state index contributed by atoms with van der Waals surface area (Å²) in [4.78, 5) is 11.4. The van der Waals surface area contributed by atoms with E-state index < -0.39 is 42.6 Å². The van der Waals surface area contributed by atoms with Gasteiger partial charge in [0, 0.05) is 5.69 Å². The second-order valence-electron chi connectivity index (χ2n) is 6.51. The zero-order chi connectivity index (χ0) is 23.2. The topological polar surface area (TPSA) is 79.3 Å². The molecular formula is C20H17F6N3O2. The third kappa shape index (κ3) is 7.40. The Morgan fingerprint density at radius 2 is 1.71 bits per heavy atom. The van der Waals surface area contributed by atoms with Crippen molar-refractivity contribution in [1.29, 1.82) is 5.26 Å². The monoisotopic (exact) mass is 445 g/mol. The van der Waals surface area contributed by atoms with E-state index in [2.05, 4.69) is 0 Å². The van der Waals surface area contributed by atoms with Crippen molar-refractivity contribution in [3.8, 4) is 11.8 Å². The molecule has 2 aromatic carbocycles. The molecule has 0 saturated heterocycles. The molecule has 0 bridgehead atoms. The molecule has 166 valence electrons. The number of nitrogens with zero attached hydrogens (tertiary/aromatic N) is 2. The lowest BCUT2D eigenvalue weighted by atomic mass is 10.1. The van der Waals surface area contributed by atoms with Gasteiger partial charge in [0.15, 0.2) is 0 Å². The number of halogens is 6. The normalized spacial score (nSPS) is 11.6. The van der Waals surface area contributed by atoms with Crippen molar-refractivity contribution in [1.82, 2.24) is 0 Å². The first-order chi connectivity index (χ1) is 14.4. The lowest BCUT2D eigenvalue weighted by molar-refractivity contribution is -0.138. The standard InChI is InChI=1S/C20H17F6N3O2/c21-19(22,23)12-29(17-6-3-14(11-27)9-16(17)20(24,25)26)7-8-31-15-4-1-13(2-5-15)10-18(28)30/h1-6,9H,7-8,10,12H2,(H2,28,30). The van der Waals surface area contributed by atoms with E-state index in [-0.39, 0.29) is 24.3 Å². The number of nitriles is 1. The van der Waals surface area contributed by atoms with Gasteiger partial charge >= 0.3 is 12.4 Å². The Hall–Kier alpha value is -3.42. The number of hydrogen-bond donors (Lipinski definition) is 1. The van der Waals surface area contributed by atoms with Crippen LogP contribution >= 0.6 is 0 Å². The summed E-state index contributed by atoms with van der Waals surface area (Å²) in [6.07, 6.45) is -9.73. The number of nitrogens with two attached hydrogens (primary N) is 1. The molecule has 0 radical (unpaired) electrons. The van der Waals surface area contributed by atoms with Crippen LogP contribution in [0.1, 0.15) is 16.7 Å². The van der Waals surface area contributed by atoms with Crippen LogP contribution in [0, 0.1) is 11.3 Å². The molecule has 2 rings (SSSR count). The van der Waals surface area contributed by atoms with Crippen molar-refractivity contribution in [3.05, 3.63) is 59.2 Å². The van der Waals surface area contributed by atoms with Gasteiger partial charge in [0.25, 0.3) is 0 Å². The van der Waals surface area contributed by atoms with Crippen LogP contribution in [0.5, 0.6) is 5.75 Å². The smallest absolute Gasteiger partial charge is 0.418 e. The number of ether oxygens (including phenoxy) is 1. The molecule has 0 aliphatic carbocycles. The summed E-state index contributed by atoms with van der Waals surface area (Å²) in [6, 6.07) is 9.92. The van der Waals surface area contributed by atoms with Crippen molar-refractivity contribution in [3.63, 3.8) is 0 Å². The van der Waals surface area contributed by atoms with Crippen LogP contribution in [0.25, 0.3) is 0 Å². The average molecular weight is 445 g/mol. The van der Waals surface area contributed by atoms with E-state index in [1.165, 1.54) is 24.3 Å². The average Bonchev–Trinajstić information content (AvgIpc) is 2.66. The molecule has 0 aliphatic rings. The molecule has 0 unspecified atom stereocenters. The first-order valence-electron chi connectivity index (χ1n) is 8.82. The molecule has 11 heteroatoms. The van der Waals surface area contributed by atoms with Gasteiger partial charge in [-0.25, -0.2) is 0 Å². The molecule has 2 aromatic rings. The number of anilines is 1. The highest BCUT2D eigenvalue weighted by atomic mass is 19.4. The van der Waals surface area contributed by atoms with Gasteiger partial charge in [-0.05, 0) is 35.9 Å². The van der Waals surface area contributed by atoms with E-state index in [9.17, 15) is 31.1 Å². The van der Waals surface area contributed by atoms with Gasteiger partial charge in [-0.15, -0.1) is 0 Å². The van der Waals surface area contributed by atoms with Crippen LogP contribution < -0.4 is 15.4 Å². The first-order valence-corrected chi connectivity index (χ1v) is 8.82. The molecule has 0 fully saturated rings. The van der Waals surface area contributed by atoms with Crippen molar-refractivity contribution in [2.24, 2.45) is 5.73 Å². The largest absolute Gasteiger partial charge is 0.492 e. The molecule has 0 atom stereocenters. The van der Waals surface area contributed by atoms with Crippen molar-refractivity contribution in [2.45, 2.75) is 18.8 Å². The molecule has 0 aromatic heterocycles. The number of alkyl halides is 6. The number of carbonyl (C=O) groups is 1. The highest BCUT2D eigenvalue weighted by Gasteiger charge is 2.38. The molecule has 0 aliphatic heterocycles. The van der Waals surface area contributed by atoms with E-state index in [0.29, 0.717) is 16.5 Å². The van der Waals surface area contributed by atoms with Crippen molar-refractivity contribution < 1.29 is 35.9 Å². The van der Waals surface area contributed by atoms with E-state index in [4.69, 9.17) is 15.7 Å². The Morgan fingerprint density at radius 1 is 1.06 bits per heavy atom. The van der Waals surface area contributed by atoms with Crippen molar-refractivity contribution in [2.75, 3.05) is 24.6 Å². The van der Waals surface area contributed by atoms with Gasteiger partial charge in [-0.3, -0.25) is 4.79 Å². The Morgan fingerprint density at radius 3 is 2.23 bits per heavy atom. The molecule has 5 nitrogen and oxygen atoms in total. The summed E-state index contributed by atoms with van der Waals surface area (Å²) < 4.78 is 84.5. The van der Waals surface area contributed by atoms with Crippen LogP contribution in [0.4, 0.5) is 32.0 Å². The lowest BCUT2D eigenvalue weighted by Crippen LogP contribution is -2.38. The second-order valence-corrected chi connectivity index (χ2v) is 6.51. The van der Waals surface area contributed by atoms with Crippen LogP contribution in [0.15, 0.2) is 42.5 Å². The summed E-state index contributed by atoms with van der Waals surface area (Å²) in [5.41, 5.74) is 3.31. The Labute approximate surface area is 173 Å². The zero-order valence-electron chi connectivity index (χ0n) is 15.9. The van der Waals surface area contributed by atoms with Gasteiger partial charge in [0.1, 0.15) is 18.9 Å². The predicted octanol–water partition coefficient (Wildman–Crippen LogP) is 4.05. The summed E-state index contributed by atoms with van der Waals surface area (Å²) in [7, 11) is 0. The molecule has 0 saturated carbocycles. The molecule has 2 N–H and O–H groups in total. The minimum absolute atomic E-state index is 0.00144. The van der Waals surface area contributed by atoms with Crippen LogP contribution in [-0.4, -0.2) is 31.8 Å². The van der Waals surface area contributed by atoms with Gasteiger partial charge in [-0.2, -0.15) is 31.6 Å². The summed E-state index contributed by atoms with van der Waals surface area (Å²) in [5.74, 6) is -0.282. The second kappa shape index (κ2) is 9.59. The first kappa shape index (κ1) is 23.9. The Balaban J connectivity index is 2.20. The maximum atomic E-state index is 13.4. The Bertz CT molecular complexity index is 949. The van der Waals surface area contributed by atoms with Gasteiger partial charge in [-0.1, -0.05) is 12.1 Å². The van der Waals surface area contributed by atoms with Gasteiger partial charge in [0.2, 0.25) is 5.91 Å². The highest BCUT2D eigenvalue weighted by Crippen LogP contribution is 2.38. The quantitative estimate of drug-likeness (QED) is 0.622. The van der Waals surface area contributed by atoms with E-state index in [1.807, 2.05) is 0 Å². The minimum atomic E-state index is -4.96. The minimum Gasteiger partial charge on any atom is -0.492 e. The number of primary amides is 1. The summed E-state index contributed by atoms with van der Waals surface area (Å²) in [5, 5.41) is 8.82. The summed E-state index contributed by atoms with van der Waals surface area (Å²) in [6.45, 7) is -2.48. The van der Waals surface area contributed by atoms with Crippen LogP contribution in [-0.2, 0) is 17.4 Å². The zero-order valence-corrected chi connectivity index (χ0v) is 15.9. The summed E-state index contributed by atoms with van der Waals surface area (Å²) >= 11 is 0. The number of amides is 1. The van der Waals surface area contributed by atoms with Crippen LogP contribution in [0.2, 0.25) is 0 Å². The number of benzene rings is 2. The maximum Gasteiger partial charge on any atom is 0.418 e. The fourth-order valence-corrected chi connectivity index (χ4v) is 2.79. The number of hydrogen-bond acceptors (Lipinski definition) is 4. The molecule has 31 heavy (non-hydrogen) atoms. The number of carbonyl (C=O) groups excluding carboxylic acids is 1. The fraction of sp³-hybridized carbons (Fsp3) is 0.300. The van der Waals surface area contributed by atoms with Gasteiger partial charge < -0.3 is 15.4 Å². The maximum absolute atomic E-state index is 13.4. The lowest BCUT2D eigenvalue weighted by Gasteiger charge is -2.28. The predicted molar refractivity (Wildman–Crippen MR) is 99.3 cm³/mol. The van der Waals surface area contributed by atoms with E-state index >= 15 is 0 Å². The van der Waals surface area contributed by atoms with Crippen molar-refractivity contribution >= 4 is 11.6 Å². The molecule has 0 spiro atoms. The van der Waals surface area contributed by atoms with Gasteiger partial charge in [0.05, 0.1) is 30.2 Å². The third-order valence-electron chi connectivity index (χ3n) is 4.07. The molecule has 1 amide bonds. The van der Waals surface area contributed by atoms with E-state index in [0.717, 1.165) is 12.1 Å². The number of rotatable bonds is 8. The SMILES string of the molecule is N#Cc1ccc(N(CCOc2ccc(CC(N)=O)cc2)CC(F)(F)F)c(C(F)(F)F)c1. The van der Waals surface area contributed by atoms with E-state index in [1.54, 1.807) is 6.07 Å². The highest BCUT2D eigenvalue weighted by molar-refractivity contribution is 5.76. The molecular weight excluding hydrogens is 428 g/mol. The third-order valence-corrected chi connectivity index (χ3v) is 4.07.